The Morgan fingerprint density at radius 1 is 1.17 bits per heavy atom. The van der Waals surface area contributed by atoms with Crippen LogP contribution in [-0.2, 0) is 0 Å². The molecule has 2 unspecified atom stereocenters. The normalized spacial score (nSPS) is 29.5. The molecule has 1 rings (SSSR count). The molecule has 0 aromatic carbocycles. The molecule has 1 nitrogen and oxygen atoms in total. The van der Waals surface area contributed by atoms with Gasteiger partial charge in [0.1, 0.15) is 0 Å². The monoisotopic (exact) mass is 171 g/mol. The molecule has 1 fully saturated rings. The van der Waals surface area contributed by atoms with Crippen LogP contribution in [-0.4, -0.2) is 12.6 Å². The quantitative estimate of drug-likeness (QED) is 0.590. The van der Waals surface area contributed by atoms with Gasteiger partial charge in [-0.25, -0.2) is 0 Å². The van der Waals surface area contributed by atoms with Crippen molar-refractivity contribution in [2.45, 2.75) is 54.0 Å². The van der Waals surface area contributed by atoms with Gasteiger partial charge in [-0.15, -0.1) is 0 Å². The van der Waals surface area contributed by atoms with E-state index >= 15 is 0 Å². The van der Waals surface area contributed by atoms with Gasteiger partial charge in [-0.05, 0) is 24.3 Å². The zero-order valence-electron chi connectivity index (χ0n) is 9.57. The van der Waals surface area contributed by atoms with E-state index < -0.39 is 0 Å². The minimum Gasteiger partial charge on any atom is -0.313 e. The van der Waals surface area contributed by atoms with Crippen LogP contribution in [0.2, 0.25) is 0 Å². The Morgan fingerprint density at radius 2 is 1.67 bits per heavy atom. The summed E-state index contributed by atoms with van der Waals surface area (Å²) in [4.78, 5) is 0. The highest BCUT2D eigenvalue weighted by atomic mass is 15.0. The van der Waals surface area contributed by atoms with E-state index in [2.05, 4.69) is 33.0 Å². The predicted molar refractivity (Wildman–Crippen MR) is 56.4 cm³/mol. The van der Waals surface area contributed by atoms with Crippen molar-refractivity contribution in [3.8, 4) is 0 Å². The fourth-order valence-electron chi connectivity index (χ4n) is 1.57. The second kappa shape index (κ2) is 4.86. The first-order chi connectivity index (χ1) is 5.50. The van der Waals surface area contributed by atoms with Crippen molar-refractivity contribution in [1.29, 1.82) is 0 Å². The molecule has 1 saturated heterocycles. The second-order valence-corrected chi connectivity index (χ2v) is 4.67. The summed E-state index contributed by atoms with van der Waals surface area (Å²) in [5.74, 6) is 0.879. The molecular formula is C11H25N. The molecule has 0 amide bonds. The SMILES string of the molecule is CC.CC1CNC(C(C)(C)C)C1. The van der Waals surface area contributed by atoms with Gasteiger partial charge in [-0.1, -0.05) is 41.5 Å². The van der Waals surface area contributed by atoms with Gasteiger partial charge in [0.05, 0.1) is 0 Å². The summed E-state index contributed by atoms with van der Waals surface area (Å²) in [6, 6.07) is 0.738. The molecule has 0 bridgehead atoms. The molecule has 0 spiro atoms. The molecule has 1 heteroatoms. The standard InChI is InChI=1S/C9H19N.C2H6/c1-7-5-8(10-6-7)9(2,3)4;1-2/h7-8,10H,5-6H2,1-4H3;1-2H3. The third-order valence-electron chi connectivity index (χ3n) is 2.40. The van der Waals surface area contributed by atoms with E-state index in [0.717, 1.165) is 12.0 Å². The molecule has 12 heavy (non-hydrogen) atoms. The predicted octanol–water partition coefficient (Wildman–Crippen LogP) is 3.06. The van der Waals surface area contributed by atoms with Gasteiger partial charge in [-0.2, -0.15) is 0 Å². The lowest BCUT2D eigenvalue weighted by molar-refractivity contribution is 0.291. The van der Waals surface area contributed by atoms with Crippen molar-refractivity contribution in [2.75, 3.05) is 6.54 Å². The Morgan fingerprint density at radius 3 is 1.83 bits per heavy atom. The van der Waals surface area contributed by atoms with Crippen LogP contribution in [0.3, 0.4) is 0 Å². The first kappa shape index (κ1) is 12.0. The fourth-order valence-corrected chi connectivity index (χ4v) is 1.57. The summed E-state index contributed by atoms with van der Waals surface area (Å²) in [6.45, 7) is 14.5. The summed E-state index contributed by atoms with van der Waals surface area (Å²) >= 11 is 0. The number of hydrogen-bond acceptors (Lipinski definition) is 1. The van der Waals surface area contributed by atoms with Gasteiger partial charge >= 0.3 is 0 Å². The first-order valence-electron chi connectivity index (χ1n) is 5.23. The Labute approximate surface area is 77.9 Å². The summed E-state index contributed by atoms with van der Waals surface area (Å²) < 4.78 is 0. The highest BCUT2D eigenvalue weighted by Crippen LogP contribution is 2.28. The van der Waals surface area contributed by atoms with Crippen molar-refractivity contribution < 1.29 is 0 Å². The summed E-state index contributed by atoms with van der Waals surface area (Å²) in [7, 11) is 0. The Kier molecular flexibility index (Phi) is 4.84. The Balaban J connectivity index is 0.000000561. The largest absolute Gasteiger partial charge is 0.313 e. The Bertz CT molecular complexity index is 113. The molecule has 0 radical (unpaired) electrons. The van der Waals surface area contributed by atoms with Crippen LogP contribution >= 0.6 is 0 Å². The minimum atomic E-state index is 0.449. The van der Waals surface area contributed by atoms with Gasteiger partial charge in [0.15, 0.2) is 0 Å². The fraction of sp³-hybridized carbons (Fsp3) is 1.00. The van der Waals surface area contributed by atoms with Crippen LogP contribution in [0.15, 0.2) is 0 Å². The molecule has 1 N–H and O–H groups in total. The molecule has 0 aromatic rings. The van der Waals surface area contributed by atoms with E-state index in [1.165, 1.54) is 13.0 Å². The van der Waals surface area contributed by atoms with E-state index in [9.17, 15) is 0 Å². The highest BCUT2D eigenvalue weighted by molar-refractivity contribution is 4.87. The van der Waals surface area contributed by atoms with Gasteiger partial charge in [0.2, 0.25) is 0 Å². The molecule has 1 aliphatic rings. The third kappa shape index (κ3) is 3.57. The molecule has 2 atom stereocenters. The van der Waals surface area contributed by atoms with E-state index in [4.69, 9.17) is 0 Å². The molecule has 0 saturated carbocycles. The van der Waals surface area contributed by atoms with Crippen molar-refractivity contribution in [2.24, 2.45) is 11.3 Å². The summed E-state index contributed by atoms with van der Waals surface area (Å²) in [5.41, 5.74) is 0.449. The zero-order valence-corrected chi connectivity index (χ0v) is 9.57. The van der Waals surface area contributed by atoms with E-state index in [0.29, 0.717) is 5.41 Å². The average molecular weight is 171 g/mol. The lowest BCUT2D eigenvalue weighted by Crippen LogP contribution is -2.34. The molecule has 0 aromatic heterocycles. The average Bonchev–Trinajstić information content (AvgIpc) is 2.39. The topological polar surface area (TPSA) is 12.0 Å². The molecule has 1 aliphatic heterocycles. The number of rotatable bonds is 0. The van der Waals surface area contributed by atoms with E-state index in [-0.39, 0.29) is 0 Å². The lowest BCUT2D eigenvalue weighted by Gasteiger charge is -2.26. The van der Waals surface area contributed by atoms with Crippen molar-refractivity contribution in [3.63, 3.8) is 0 Å². The van der Waals surface area contributed by atoms with Crippen LogP contribution < -0.4 is 5.32 Å². The molecule has 0 aliphatic carbocycles. The molecule has 1 heterocycles. The van der Waals surface area contributed by atoms with Gasteiger partial charge < -0.3 is 5.32 Å². The lowest BCUT2D eigenvalue weighted by atomic mass is 9.85. The van der Waals surface area contributed by atoms with Crippen LogP contribution in [0.4, 0.5) is 0 Å². The maximum Gasteiger partial charge on any atom is 0.0119 e. The summed E-state index contributed by atoms with van der Waals surface area (Å²) in [6.07, 6.45) is 1.35. The van der Waals surface area contributed by atoms with Gasteiger partial charge in [0, 0.05) is 6.04 Å². The third-order valence-corrected chi connectivity index (χ3v) is 2.40. The van der Waals surface area contributed by atoms with Gasteiger partial charge in [-0.3, -0.25) is 0 Å². The van der Waals surface area contributed by atoms with Crippen molar-refractivity contribution in [3.05, 3.63) is 0 Å². The van der Waals surface area contributed by atoms with Gasteiger partial charge in [0.25, 0.3) is 0 Å². The van der Waals surface area contributed by atoms with E-state index in [1.807, 2.05) is 13.8 Å². The zero-order chi connectivity index (χ0) is 9.78. The molecular weight excluding hydrogens is 146 g/mol. The highest BCUT2D eigenvalue weighted by Gasteiger charge is 2.30. The second-order valence-electron chi connectivity index (χ2n) is 4.67. The summed E-state index contributed by atoms with van der Waals surface area (Å²) in [5, 5.41) is 3.55. The number of nitrogens with one attached hydrogen (secondary N) is 1. The number of hydrogen-bond donors (Lipinski definition) is 1. The minimum absolute atomic E-state index is 0.449. The van der Waals surface area contributed by atoms with E-state index in [1.54, 1.807) is 0 Å². The Hall–Kier alpha value is -0.0400. The van der Waals surface area contributed by atoms with Crippen LogP contribution in [0.5, 0.6) is 0 Å². The maximum atomic E-state index is 3.55. The van der Waals surface area contributed by atoms with Crippen molar-refractivity contribution >= 4 is 0 Å². The van der Waals surface area contributed by atoms with Crippen molar-refractivity contribution in [1.82, 2.24) is 5.32 Å². The van der Waals surface area contributed by atoms with Crippen LogP contribution in [0.1, 0.15) is 48.0 Å². The maximum absolute atomic E-state index is 3.55. The molecule has 74 valence electrons. The van der Waals surface area contributed by atoms with Crippen LogP contribution in [0.25, 0.3) is 0 Å². The smallest absolute Gasteiger partial charge is 0.0119 e. The first-order valence-corrected chi connectivity index (χ1v) is 5.23. The van der Waals surface area contributed by atoms with Crippen LogP contribution in [0, 0.1) is 11.3 Å².